The highest BCUT2D eigenvalue weighted by Gasteiger charge is 1.90. The summed E-state index contributed by atoms with van der Waals surface area (Å²) in [6.45, 7) is 3.38. The van der Waals surface area contributed by atoms with E-state index in [1.54, 1.807) is 0 Å². The van der Waals surface area contributed by atoms with Gasteiger partial charge in [-0.3, -0.25) is 0 Å². The van der Waals surface area contributed by atoms with Crippen LogP contribution in [0.5, 0.6) is 0 Å². The summed E-state index contributed by atoms with van der Waals surface area (Å²) < 4.78 is 0. The summed E-state index contributed by atoms with van der Waals surface area (Å²) in [4.78, 5) is 21.9. The van der Waals surface area contributed by atoms with Crippen LogP contribution in [0.1, 0.15) is 6.92 Å². The summed E-state index contributed by atoms with van der Waals surface area (Å²) in [7, 11) is 0. The highest BCUT2D eigenvalue weighted by Crippen LogP contribution is 1.70. The van der Waals surface area contributed by atoms with Crippen LogP contribution in [0.3, 0.4) is 0 Å². The van der Waals surface area contributed by atoms with Crippen LogP contribution >= 0.6 is 0 Å². The van der Waals surface area contributed by atoms with E-state index in [0.717, 1.165) is 6.54 Å². The molecule has 9 heteroatoms. The second-order valence-electron chi connectivity index (χ2n) is 1.65. The molecule has 0 aromatic heterocycles. The fraction of sp³-hybridized carbons (Fsp3) is 1.00. The molecule has 0 radical (unpaired) electrons. The number of nitrogens with zero attached hydrogens (tertiary/aromatic N) is 2. The monoisotopic (exact) mass is 197 g/mol. The van der Waals surface area contributed by atoms with E-state index < -0.39 is 10.2 Å². The normalized spacial score (nSPS) is 8.08. The van der Waals surface area contributed by atoms with Crippen LogP contribution in [-0.2, 0) is 4.84 Å². The number of hydrogen-bond acceptors (Lipinski definition) is 6. The lowest BCUT2D eigenvalue weighted by molar-refractivity contribution is -0.757. The van der Waals surface area contributed by atoms with Crippen molar-refractivity contribution in [2.45, 2.75) is 6.92 Å². The zero-order valence-corrected chi connectivity index (χ0v) is 7.00. The third-order valence-electron chi connectivity index (χ3n) is 0.726. The Morgan fingerprint density at radius 1 is 1.46 bits per heavy atom. The minimum absolute atomic E-state index is 0.126. The number of rotatable bonds is 5. The Morgan fingerprint density at radius 3 is 2.23 bits per heavy atom. The van der Waals surface area contributed by atoms with Crippen LogP contribution < -0.4 is 5.32 Å². The average Bonchev–Trinajstić information content (AvgIpc) is 1.97. The van der Waals surface area contributed by atoms with Crippen molar-refractivity contribution in [3.05, 3.63) is 20.2 Å². The third-order valence-corrected chi connectivity index (χ3v) is 0.726. The minimum Gasteiger partial charge on any atom is -0.328 e. The first kappa shape index (κ1) is 13.9. The van der Waals surface area contributed by atoms with Gasteiger partial charge >= 0.3 is 0 Å². The average molecular weight is 197 g/mol. The molecule has 0 unspecified atom stereocenters. The Morgan fingerprint density at radius 2 is 1.92 bits per heavy atom. The molecule has 2 N–H and O–H groups in total. The van der Waals surface area contributed by atoms with Gasteiger partial charge in [-0.2, -0.15) is 0 Å². The lowest BCUT2D eigenvalue weighted by atomic mass is 10.6. The van der Waals surface area contributed by atoms with Gasteiger partial charge in [0.2, 0.25) is 0 Å². The summed E-state index contributed by atoms with van der Waals surface area (Å²) in [6.07, 6.45) is 0. The van der Waals surface area contributed by atoms with Gasteiger partial charge in [0.25, 0.3) is 10.2 Å². The highest BCUT2D eigenvalue weighted by molar-refractivity contribution is 4.36. The summed E-state index contributed by atoms with van der Waals surface area (Å²) in [6, 6.07) is 0. The van der Waals surface area contributed by atoms with Crippen molar-refractivity contribution in [1.29, 1.82) is 0 Å². The van der Waals surface area contributed by atoms with Gasteiger partial charge in [0.1, 0.15) is 6.61 Å². The second-order valence-corrected chi connectivity index (χ2v) is 1.65. The first-order valence-corrected chi connectivity index (χ1v) is 3.32. The second kappa shape index (κ2) is 10.4. The molecule has 13 heavy (non-hydrogen) atoms. The molecule has 0 aliphatic carbocycles. The van der Waals surface area contributed by atoms with Crippen LogP contribution in [0, 0.1) is 20.2 Å². The van der Waals surface area contributed by atoms with Gasteiger partial charge in [-0.15, -0.1) is 20.2 Å². The Kier molecular flexibility index (Phi) is 11.1. The summed E-state index contributed by atoms with van der Waals surface area (Å²) in [5.74, 6) is 0. The molecule has 0 rings (SSSR count). The maximum atomic E-state index is 9.52. The SMILES string of the molecule is CCNCCO[N+](=O)[O-].O=[N+]([O-])O. The fourth-order valence-electron chi connectivity index (χ4n) is 0.369. The van der Waals surface area contributed by atoms with Crippen LogP contribution in [-0.4, -0.2) is 35.1 Å². The Hall–Kier alpha value is -1.64. The summed E-state index contributed by atoms with van der Waals surface area (Å²) in [5.41, 5.74) is 0. The van der Waals surface area contributed by atoms with Crippen LogP contribution in [0.4, 0.5) is 0 Å². The van der Waals surface area contributed by atoms with Crippen molar-refractivity contribution in [2.24, 2.45) is 0 Å². The fourth-order valence-corrected chi connectivity index (χ4v) is 0.369. The standard InChI is InChI=1S/C4H10N2O3.HNO3/c1-2-5-3-4-9-6(7)8;2-1(3)4/h5H,2-4H2,1H3;(H,2,3,4). The predicted molar refractivity (Wildman–Crippen MR) is 40.3 cm³/mol. The van der Waals surface area contributed by atoms with E-state index >= 15 is 0 Å². The van der Waals surface area contributed by atoms with E-state index in [0.29, 0.717) is 6.54 Å². The van der Waals surface area contributed by atoms with Gasteiger partial charge < -0.3 is 15.4 Å². The van der Waals surface area contributed by atoms with E-state index in [1.165, 1.54) is 0 Å². The predicted octanol–water partition coefficient (Wildman–Crippen LogP) is -0.543. The van der Waals surface area contributed by atoms with E-state index in [9.17, 15) is 10.1 Å². The molecule has 0 spiro atoms. The lowest BCUT2D eigenvalue weighted by Crippen LogP contribution is -2.20. The minimum atomic E-state index is -1.50. The molecule has 0 aromatic rings. The smallest absolute Gasteiger partial charge is 0.294 e. The quantitative estimate of drug-likeness (QED) is 0.344. The Bertz CT molecular complexity index is 147. The number of hydrogen-bond donors (Lipinski definition) is 2. The third kappa shape index (κ3) is 38.1. The molecule has 0 heterocycles. The molecule has 0 aliphatic rings. The van der Waals surface area contributed by atoms with Crippen LogP contribution in [0.15, 0.2) is 0 Å². The van der Waals surface area contributed by atoms with Gasteiger partial charge in [-0.25, -0.2) is 0 Å². The summed E-state index contributed by atoms with van der Waals surface area (Å²) >= 11 is 0. The molecule has 0 aromatic carbocycles. The number of likely N-dealkylation sites (N-methyl/N-ethyl adjacent to an activating group) is 1. The Labute approximate surface area is 73.5 Å². The number of nitrogens with one attached hydrogen (secondary N) is 1. The topological polar surface area (TPSA) is 128 Å². The molecule has 0 atom stereocenters. The van der Waals surface area contributed by atoms with Crippen LogP contribution in [0.2, 0.25) is 0 Å². The molecule has 0 amide bonds. The van der Waals surface area contributed by atoms with Crippen molar-refractivity contribution < 1.29 is 20.2 Å². The van der Waals surface area contributed by atoms with Gasteiger partial charge in [-0.1, -0.05) is 6.92 Å². The van der Waals surface area contributed by atoms with E-state index in [-0.39, 0.29) is 6.61 Å². The first-order valence-electron chi connectivity index (χ1n) is 3.32. The molecule has 0 saturated carbocycles. The van der Waals surface area contributed by atoms with E-state index in [2.05, 4.69) is 10.2 Å². The zero-order valence-electron chi connectivity index (χ0n) is 7.00. The van der Waals surface area contributed by atoms with Gasteiger partial charge in [0, 0.05) is 6.54 Å². The maximum Gasteiger partial charge on any atom is 0.294 e. The zero-order chi connectivity index (χ0) is 10.7. The van der Waals surface area contributed by atoms with Crippen molar-refractivity contribution in [3.8, 4) is 0 Å². The van der Waals surface area contributed by atoms with Gasteiger partial charge in [0.05, 0.1) is 0 Å². The van der Waals surface area contributed by atoms with Crippen molar-refractivity contribution in [1.82, 2.24) is 5.32 Å². The van der Waals surface area contributed by atoms with E-state index in [4.69, 9.17) is 15.3 Å². The molecule has 78 valence electrons. The molecule has 0 bridgehead atoms. The molecule has 9 nitrogen and oxygen atoms in total. The highest BCUT2D eigenvalue weighted by atomic mass is 16.9. The molecule has 0 aliphatic heterocycles. The Balaban J connectivity index is 0. The van der Waals surface area contributed by atoms with Crippen molar-refractivity contribution >= 4 is 0 Å². The molecule has 0 fully saturated rings. The molecule has 0 saturated heterocycles. The van der Waals surface area contributed by atoms with Gasteiger partial charge in [-0.05, 0) is 6.54 Å². The van der Waals surface area contributed by atoms with Gasteiger partial charge in [0.15, 0.2) is 0 Å². The molecular formula is C4H11N3O6. The largest absolute Gasteiger partial charge is 0.328 e. The van der Waals surface area contributed by atoms with Crippen LogP contribution in [0.25, 0.3) is 0 Å². The van der Waals surface area contributed by atoms with Crippen molar-refractivity contribution in [3.63, 3.8) is 0 Å². The lowest BCUT2D eigenvalue weighted by Gasteiger charge is -1.97. The molecular weight excluding hydrogens is 186 g/mol. The first-order chi connectivity index (χ1) is 6.00. The van der Waals surface area contributed by atoms with Crippen molar-refractivity contribution in [2.75, 3.05) is 19.7 Å². The van der Waals surface area contributed by atoms with E-state index in [1.807, 2.05) is 6.92 Å². The summed E-state index contributed by atoms with van der Waals surface area (Å²) in [5, 5.41) is 25.2. The maximum absolute atomic E-state index is 9.52.